The average molecular weight is 308 g/mol. The lowest BCUT2D eigenvalue weighted by Crippen LogP contribution is -2.38. The molecule has 118 valence electrons. The zero-order chi connectivity index (χ0) is 15.6. The van der Waals surface area contributed by atoms with Gasteiger partial charge in [0.2, 0.25) is 0 Å². The molecule has 0 aliphatic carbocycles. The summed E-state index contributed by atoms with van der Waals surface area (Å²) in [7, 11) is 0. The number of anilines is 1. The minimum absolute atomic E-state index is 0.415. The monoisotopic (exact) mass is 308 g/mol. The summed E-state index contributed by atoms with van der Waals surface area (Å²) in [6.45, 7) is 4.14. The standard InChI is InChI=1S/C17H20N6/c1-12-4-6-23-15(10-20-17(23)7-12)14-9-19-11-16(22-14)21-13-3-2-5-18-8-13/h4,6-7,9-11,13,18H,2-3,5,8H2,1H3,(H,21,22). The van der Waals surface area contributed by atoms with Gasteiger partial charge >= 0.3 is 0 Å². The zero-order valence-electron chi connectivity index (χ0n) is 13.2. The van der Waals surface area contributed by atoms with E-state index in [9.17, 15) is 0 Å². The van der Waals surface area contributed by atoms with Gasteiger partial charge < -0.3 is 10.6 Å². The van der Waals surface area contributed by atoms with Crippen LogP contribution in [0.5, 0.6) is 0 Å². The molecular formula is C17H20N6. The number of fused-ring (bicyclic) bond motifs is 1. The fourth-order valence-electron chi connectivity index (χ4n) is 3.02. The molecule has 0 saturated carbocycles. The summed E-state index contributed by atoms with van der Waals surface area (Å²) in [6, 6.07) is 4.55. The molecule has 6 heteroatoms. The molecule has 0 radical (unpaired) electrons. The van der Waals surface area contributed by atoms with Crippen LogP contribution < -0.4 is 10.6 Å². The van der Waals surface area contributed by atoms with E-state index < -0.39 is 0 Å². The van der Waals surface area contributed by atoms with Gasteiger partial charge in [-0.15, -0.1) is 0 Å². The predicted octanol–water partition coefficient (Wildman–Crippen LogP) is 2.26. The summed E-state index contributed by atoms with van der Waals surface area (Å²) in [4.78, 5) is 13.5. The Morgan fingerprint density at radius 3 is 3.13 bits per heavy atom. The van der Waals surface area contributed by atoms with Gasteiger partial charge in [-0.3, -0.25) is 9.38 Å². The van der Waals surface area contributed by atoms with Crippen molar-refractivity contribution >= 4 is 11.5 Å². The lowest BCUT2D eigenvalue weighted by Gasteiger charge is -2.24. The topological polar surface area (TPSA) is 67.1 Å². The van der Waals surface area contributed by atoms with Crippen LogP contribution in [0.25, 0.3) is 17.0 Å². The van der Waals surface area contributed by atoms with Gasteiger partial charge in [0.1, 0.15) is 17.2 Å². The van der Waals surface area contributed by atoms with Crippen LogP contribution in [0, 0.1) is 6.92 Å². The minimum atomic E-state index is 0.415. The summed E-state index contributed by atoms with van der Waals surface area (Å²) in [6.07, 6.45) is 9.80. The summed E-state index contributed by atoms with van der Waals surface area (Å²) in [5.41, 5.74) is 3.91. The number of hydrogen-bond donors (Lipinski definition) is 2. The maximum absolute atomic E-state index is 4.72. The smallest absolute Gasteiger partial charge is 0.145 e. The van der Waals surface area contributed by atoms with Gasteiger partial charge in [-0.25, -0.2) is 9.97 Å². The van der Waals surface area contributed by atoms with Crippen LogP contribution in [0.1, 0.15) is 18.4 Å². The van der Waals surface area contributed by atoms with Gasteiger partial charge in [-0.05, 0) is 44.0 Å². The number of nitrogens with one attached hydrogen (secondary N) is 2. The van der Waals surface area contributed by atoms with Crippen molar-refractivity contribution in [2.45, 2.75) is 25.8 Å². The molecule has 2 N–H and O–H groups in total. The van der Waals surface area contributed by atoms with E-state index in [1.807, 2.05) is 16.8 Å². The lowest BCUT2D eigenvalue weighted by molar-refractivity contribution is 0.479. The Morgan fingerprint density at radius 1 is 1.30 bits per heavy atom. The second-order valence-corrected chi connectivity index (χ2v) is 6.05. The minimum Gasteiger partial charge on any atom is -0.365 e. The molecule has 3 aromatic rings. The third-order valence-electron chi connectivity index (χ3n) is 4.21. The molecule has 1 aliphatic heterocycles. The van der Waals surface area contributed by atoms with Crippen molar-refractivity contribution in [3.8, 4) is 11.4 Å². The van der Waals surface area contributed by atoms with Gasteiger partial charge in [-0.2, -0.15) is 0 Å². The molecule has 1 saturated heterocycles. The van der Waals surface area contributed by atoms with E-state index in [2.05, 4.69) is 39.7 Å². The highest BCUT2D eigenvalue weighted by Gasteiger charge is 2.14. The summed E-state index contributed by atoms with van der Waals surface area (Å²) >= 11 is 0. The third kappa shape index (κ3) is 2.90. The SMILES string of the molecule is Cc1ccn2c(-c3cncc(NC4CCCNC4)n3)cnc2c1. The second kappa shape index (κ2) is 5.96. The number of nitrogens with zero attached hydrogens (tertiary/aromatic N) is 4. The van der Waals surface area contributed by atoms with E-state index >= 15 is 0 Å². The Balaban J connectivity index is 1.64. The largest absolute Gasteiger partial charge is 0.365 e. The fourth-order valence-corrected chi connectivity index (χ4v) is 3.02. The molecule has 23 heavy (non-hydrogen) atoms. The number of rotatable bonds is 3. The van der Waals surface area contributed by atoms with Crippen LogP contribution in [0.2, 0.25) is 0 Å². The first-order chi connectivity index (χ1) is 11.3. The van der Waals surface area contributed by atoms with Crippen LogP contribution in [0.3, 0.4) is 0 Å². The molecule has 4 rings (SSSR count). The molecule has 0 amide bonds. The van der Waals surface area contributed by atoms with Crippen molar-refractivity contribution in [2.75, 3.05) is 18.4 Å². The predicted molar refractivity (Wildman–Crippen MR) is 90.5 cm³/mol. The van der Waals surface area contributed by atoms with Crippen molar-refractivity contribution in [2.24, 2.45) is 0 Å². The van der Waals surface area contributed by atoms with E-state index in [4.69, 9.17) is 4.98 Å². The Morgan fingerprint density at radius 2 is 2.26 bits per heavy atom. The number of piperidine rings is 1. The summed E-state index contributed by atoms with van der Waals surface area (Å²) in [5.74, 6) is 0.818. The van der Waals surface area contributed by atoms with Gasteiger partial charge in [0.15, 0.2) is 0 Å². The molecule has 1 aliphatic rings. The average Bonchev–Trinajstić information content (AvgIpc) is 2.99. The maximum Gasteiger partial charge on any atom is 0.145 e. The molecule has 0 spiro atoms. The lowest BCUT2D eigenvalue weighted by atomic mass is 10.1. The van der Waals surface area contributed by atoms with Crippen LogP contribution in [-0.2, 0) is 0 Å². The van der Waals surface area contributed by atoms with E-state index in [-0.39, 0.29) is 0 Å². The summed E-state index contributed by atoms with van der Waals surface area (Å²) in [5, 5.41) is 6.88. The van der Waals surface area contributed by atoms with E-state index in [1.165, 1.54) is 12.0 Å². The van der Waals surface area contributed by atoms with Crippen molar-refractivity contribution in [1.82, 2.24) is 24.7 Å². The van der Waals surface area contributed by atoms with Gasteiger partial charge in [0, 0.05) is 18.8 Å². The number of aryl methyl sites for hydroxylation is 1. The number of imidazole rings is 1. The van der Waals surface area contributed by atoms with Crippen LogP contribution >= 0.6 is 0 Å². The number of aromatic nitrogens is 4. The molecule has 1 fully saturated rings. The van der Waals surface area contributed by atoms with Crippen molar-refractivity contribution in [3.63, 3.8) is 0 Å². The molecule has 0 bridgehead atoms. The highest BCUT2D eigenvalue weighted by Crippen LogP contribution is 2.20. The Bertz CT molecular complexity index is 819. The van der Waals surface area contributed by atoms with E-state index in [0.29, 0.717) is 6.04 Å². The normalized spacial score (nSPS) is 18.2. The van der Waals surface area contributed by atoms with Crippen LogP contribution in [0.15, 0.2) is 36.9 Å². The van der Waals surface area contributed by atoms with Gasteiger partial charge in [0.05, 0.1) is 24.3 Å². The Kier molecular flexibility index (Phi) is 3.67. The first-order valence-electron chi connectivity index (χ1n) is 8.03. The first-order valence-corrected chi connectivity index (χ1v) is 8.03. The number of hydrogen-bond acceptors (Lipinski definition) is 5. The van der Waals surface area contributed by atoms with Crippen LogP contribution in [-0.4, -0.2) is 38.5 Å². The number of pyridine rings is 1. The molecule has 1 atom stereocenters. The Labute approximate surface area is 135 Å². The first kappa shape index (κ1) is 14.1. The molecule has 6 nitrogen and oxygen atoms in total. The third-order valence-corrected chi connectivity index (χ3v) is 4.21. The molecule has 4 heterocycles. The van der Waals surface area contributed by atoms with E-state index in [1.54, 1.807) is 12.4 Å². The van der Waals surface area contributed by atoms with Crippen molar-refractivity contribution in [1.29, 1.82) is 0 Å². The fraction of sp³-hybridized carbons (Fsp3) is 0.353. The maximum atomic E-state index is 4.72. The van der Waals surface area contributed by atoms with Crippen molar-refractivity contribution < 1.29 is 0 Å². The molecular weight excluding hydrogens is 288 g/mol. The second-order valence-electron chi connectivity index (χ2n) is 6.05. The highest BCUT2D eigenvalue weighted by atomic mass is 15.1. The molecule has 1 unspecified atom stereocenters. The van der Waals surface area contributed by atoms with Gasteiger partial charge in [-0.1, -0.05) is 0 Å². The molecule has 3 aromatic heterocycles. The van der Waals surface area contributed by atoms with Gasteiger partial charge in [0.25, 0.3) is 0 Å². The quantitative estimate of drug-likeness (QED) is 0.777. The van der Waals surface area contributed by atoms with Crippen molar-refractivity contribution in [3.05, 3.63) is 42.5 Å². The highest BCUT2D eigenvalue weighted by molar-refractivity contribution is 5.61. The molecule has 0 aromatic carbocycles. The zero-order valence-corrected chi connectivity index (χ0v) is 13.2. The Hall–Kier alpha value is -2.47. The van der Waals surface area contributed by atoms with Crippen LogP contribution in [0.4, 0.5) is 5.82 Å². The van der Waals surface area contributed by atoms with E-state index in [0.717, 1.165) is 42.4 Å². The summed E-state index contributed by atoms with van der Waals surface area (Å²) < 4.78 is 2.04.